The molecule has 0 aliphatic heterocycles. The molecule has 5 amide bonds. The molecule has 5 aliphatic rings. The summed E-state index contributed by atoms with van der Waals surface area (Å²) in [6, 6.07) is 96.4. The van der Waals surface area contributed by atoms with Crippen LogP contribution in [0.1, 0.15) is 247 Å². The number of aryl methyl sites for hydroxylation is 5. The van der Waals surface area contributed by atoms with Gasteiger partial charge in [-0.3, -0.25) is 48.5 Å². The summed E-state index contributed by atoms with van der Waals surface area (Å²) in [5, 5.41) is 6.23. The predicted molar refractivity (Wildman–Crippen MR) is 617 cm³/mol. The summed E-state index contributed by atoms with van der Waals surface area (Å²) in [5.74, 6) is 0.579. The molecule has 5 aliphatic carbocycles. The third-order valence-electron chi connectivity index (χ3n) is 38.1. The van der Waals surface area contributed by atoms with Crippen molar-refractivity contribution in [1.29, 1.82) is 0 Å². The highest BCUT2D eigenvalue weighted by atomic mass is 16.2. The number of aromatic amines is 5. The lowest BCUT2D eigenvalue weighted by atomic mass is 9.66. The number of aromatic nitrogens is 5. The van der Waals surface area contributed by atoms with Gasteiger partial charge in [0.2, 0.25) is 29.5 Å². The van der Waals surface area contributed by atoms with Crippen LogP contribution in [-0.2, 0) is 79.4 Å². The predicted octanol–water partition coefficient (Wildman–Crippen LogP) is 25.9. The van der Waals surface area contributed by atoms with Gasteiger partial charge in [0.15, 0.2) is 0 Å². The SMILES string of the molecule is CC(=O)N(C)C1(c2[nH]c3ccccc3c2C)CCC(c2ccccc2)(N(C)C)CC1.CC(=O)N(C)C1(c2[nH]c3ccccc3c2C)CCC(c2ccccc2)(N(C)C)CC1.CC(=O)N(C)C1(c2[nH]c3ccccc3c2C)CCC(c2ccccc2)(N(C)C)CC1.CC(=O)N(C)C1(c2[nH]c3ccccc3c2C)CCC(c2ccccc2)(N(C)C)CC1.CC(=O)N(C)C1(c2[nH]c3ccccc3c2C)CCC(c2ccccc2)(N(C)C)CC1. The van der Waals surface area contributed by atoms with Gasteiger partial charge in [-0.05, 0) is 319 Å². The first kappa shape index (κ1) is 110. The summed E-state index contributed by atoms with van der Waals surface area (Å²) in [4.78, 5) is 103. The van der Waals surface area contributed by atoms with Crippen molar-refractivity contribution in [3.63, 3.8) is 0 Å². The van der Waals surface area contributed by atoms with Crippen LogP contribution < -0.4 is 0 Å². The zero-order chi connectivity index (χ0) is 108. The number of rotatable bonds is 20. The summed E-state index contributed by atoms with van der Waals surface area (Å²) in [6.07, 6.45) is 19.2. The highest BCUT2D eigenvalue weighted by Gasteiger charge is 2.57. The average molecular weight is 2020 g/mol. The molecule has 10 aromatic carbocycles. The first-order chi connectivity index (χ1) is 71.6. The van der Waals surface area contributed by atoms with Crippen molar-refractivity contribution in [2.75, 3.05) is 106 Å². The Morgan fingerprint density at radius 3 is 0.400 bits per heavy atom. The first-order valence-corrected chi connectivity index (χ1v) is 54.3. The number of H-pyrrole nitrogens is 5. The summed E-state index contributed by atoms with van der Waals surface area (Å²) < 4.78 is 0. The molecule has 0 saturated heterocycles. The second-order valence-corrected chi connectivity index (χ2v) is 45.4. The van der Waals surface area contributed by atoms with Gasteiger partial charge >= 0.3 is 0 Å². The number of para-hydroxylation sites is 5. The molecule has 20 nitrogen and oxygen atoms in total. The summed E-state index contributed by atoms with van der Waals surface area (Å²) >= 11 is 0. The minimum absolute atomic E-state index is 0.0116. The fraction of sp³-hybridized carbons (Fsp3) is 0.423. The molecule has 0 radical (unpaired) electrons. The molecule has 0 atom stereocenters. The van der Waals surface area contributed by atoms with E-state index in [-0.39, 0.29) is 84.9 Å². The smallest absolute Gasteiger partial charge is 0.219 e. The molecule has 5 aromatic heterocycles. The van der Waals surface area contributed by atoms with E-state index >= 15 is 0 Å². The lowest BCUT2D eigenvalue weighted by molar-refractivity contribution is -0.137. The van der Waals surface area contributed by atoms with Gasteiger partial charge in [-0.1, -0.05) is 243 Å². The van der Waals surface area contributed by atoms with Crippen molar-refractivity contribution < 1.29 is 24.0 Å². The van der Waals surface area contributed by atoms with Gasteiger partial charge in [-0.2, -0.15) is 0 Å². The molecule has 5 fully saturated rings. The summed E-state index contributed by atoms with van der Waals surface area (Å²) in [7, 11) is 31.7. The van der Waals surface area contributed by atoms with Crippen molar-refractivity contribution in [3.8, 4) is 0 Å². The van der Waals surface area contributed by atoms with E-state index in [1.165, 1.54) is 111 Å². The van der Waals surface area contributed by atoms with Gasteiger partial charge < -0.3 is 49.4 Å². The monoisotopic (exact) mass is 2020 g/mol. The molecule has 0 spiro atoms. The molecule has 5 N–H and O–H groups in total. The molecule has 15 aromatic rings. The van der Waals surface area contributed by atoms with Gasteiger partial charge in [0.1, 0.15) is 0 Å². The van der Waals surface area contributed by atoms with Crippen molar-refractivity contribution in [2.24, 2.45) is 0 Å². The highest BCUT2D eigenvalue weighted by Crippen LogP contribution is 2.59. The highest BCUT2D eigenvalue weighted by molar-refractivity contribution is 5.90. The Hall–Kier alpha value is -13.0. The van der Waals surface area contributed by atoms with Gasteiger partial charge in [-0.15, -0.1) is 0 Å². The molecule has 20 rings (SSSR count). The van der Waals surface area contributed by atoms with E-state index < -0.39 is 0 Å². The van der Waals surface area contributed by atoms with Crippen LogP contribution in [0.25, 0.3) is 54.5 Å². The Bertz CT molecular complexity index is 6210. The Labute approximate surface area is 892 Å². The van der Waals surface area contributed by atoms with Crippen LogP contribution in [0.2, 0.25) is 0 Å². The maximum Gasteiger partial charge on any atom is 0.219 e. The van der Waals surface area contributed by atoms with Crippen LogP contribution in [0.15, 0.2) is 273 Å². The third-order valence-corrected chi connectivity index (χ3v) is 38.1. The maximum atomic E-state index is 12.6. The lowest BCUT2D eigenvalue weighted by Gasteiger charge is -2.53. The average Bonchev–Trinajstić information content (AvgIpc) is 1.37. The zero-order valence-corrected chi connectivity index (χ0v) is 94.1. The third kappa shape index (κ3) is 19.6. The topological polar surface area (TPSA) is 197 Å². The number of carbonyl (C=O) groups excluding carboxylic acids is 5. The number of hydrogen-bond acceptors (Lipinski definition) is 10. The number of hydrogen-bond donors (Lipinski definition) is 5. The van der Waals surface area contributed by atoms with Gasteiger partial charge in [0, 0.05) is 181 Å². The van der Waals surface area contributed by atoms with Crippen molar-refractivity contribution >= 4 is 84.1 Å². The Morgan fingerprint density at radius 2 is 0.287 bits per heavy atom. The van der Waals surface area contributed by atoms with E-state index in [1.54, 1.807) is 34.6 Å². The van der Waals surface area contributed by atoms with Crippen LogP contribution >= 0.6 is 0 Å². The molecule has 5 heterocycles. The maximum absolute atomic E-state index is 12.6. The summed E-state index contributed by atoms with van der Waals surface area (Å²) in [5.41, 5.74) is 23.2. The van der Waals surface area contributed by atoms with Crippen molar-refractivity contribution in [3.05, 3.63) is 357 Å². The van der Waals surface area contributed by atoms with Crippen LogP contribution in [0.3, 0.4) is 0 Å². The number of nitrogens with one attached hydrogen (secondary N) is 5. The fourth-order valence-electron chi connectivity index (χ4n) is 28.1. The van der Waals surface area contributed by atoms with Gasteiger partial charge in [0.05, 0.1) is 27.7 Å². The van der Waals surface area contributed by atoms with E-state index in [1.807, 2.05) is 59.7 Å². The molecular formula is C130H165N15O5. The van der Waals surface area contributed by atoms with E-state index in [2.05, 4.69) is 428 Å². The van der Waals surface area contributed by atoms with Crippen molar-refractivity contribution in [1.82, 2.24) is 73.9 Å². The lowest BCUT2D eigenvalue weighted by Crippen LogP contribution is -2.54. The van der Waals surface area contributed by atoms with E-state index in [0.717, 1.165) is 156 Å². The van der Waals surface area contributed by atoms with Crippen molar-refractivity contribution in [2.45, 2.75) is 253 Å². The van der Waals surface area contributed by atoms with E-state index in [4.69, 9.17) is 0 Å². The quantitative estimate of drug-likeness (QED) is 0.0490. The van der Waals surface area contributed by atoms with Crippen LogP contribution in [0.4, 0.5) is 0 Å². The molecular weight excluding hydrogens is 1850 g/mol. The number of nitrogens with zero attached hydrogens (tertiary/aromatic N) is 10. The Morgan fingerprint density at radius 1 is 0.173 bits per heavy atom. The first-order valence-electron chi connectivity index (χ1n) is 54.3. The molecule has 790 valence electrons. The second kappa shape index (κ2) is 44.2. The number of carbonyl (C=O) groups is 5. The minimum atomic E-state index is -0.316. The van der Waals surface area contributed by atoms with E-state index in [0.29, 0.717) is 0 Å². The standard InChI is InChI=1S/5C26H33N3O/c5*1-19-22-13-9-10-14-23(22)27-24(19)26(29(5)20(2)30)17-15-25(16-18-26,28(3)4)21-11-7-6-8-12-21/h5*6-14,27H,15-18H2,1-5H3. The molecule has 0 bridgehead atoms. The van der Waals surface area contributed by atoms with Crippen LogP contribution in [0, 0.1) is 34.6 Å². The minimum Gasteiger partial charge on any atom is -0.356 e. The Balaban J connectivity index is 0.000000133. The molecule has 5 saturated carbocycles. The van der Waals surface area contributed by atoms with E-state index in [9.17, 15) is 24.0 Å². The van der Waals surface area contributed by atoms with Gasteiger partial charge in [-0.25, -0.2) is 0 Å². The second-order valence-electron chi connectivity index (χ2n) is 45.4. The van der Waals surface area contributed by atoms with Gasteiger partial charge in [0.25, 0.3) is 0 Å². The summed E-state index contributed by atoms with van der Waals surface area (Å²) in [6.45, 7) is 19.4. The number of benzene rings is 10. The number of fused-ring (bicyclic) bond motifs is 5. The molecule has 20 heteroatoms. The zero-order valence-electron chi connectivity index (χ0n) is 94.1. The fourth-order valence-corrected chi connectivity index (χ4v) is 28.1. The molecule has 0 unspecified atom stereocenters. The van der Waals surface area contributed by atoms with Crippen LogP contribution in [-0.4, -0.2) is 209 Å². The number of amides is 5. The normalized spacial score (nSPS) is 24.3. The Kier molecular flexibility index (Phi) is 32.3. The molecule has 150 heavy (non-hydrogen) atoms. The largest absolute Gasteiger partial charge is 0.356 e. The van der Waals surface area contributed by atoms with Crippen LogP contribution in [0.5, 0.6) is 0 Å².